The average molecular weight is 584 g/mol. The largest absolute Gasteiger partial charge is 0.504 e. The molecule has 0 unspecified atom stereocenters. The number of amides is 1. The van der Waals surface area contributed by atoms with Gasteiger partial charge < -0.3 is 14.9 Å². The van der Waals surface area contributed by atoms with E-state index in [0.717, 1.165) is 24.3 Å². The maximum absolute atomic E-state index is 13.4. The van der Waals surface area contributed by atoms with Gasteiger partial charge >= 0.3 is 6.18 Å². The van der Waals surface area contributed by atoms with Crippen molar-refractivity contribution in [3.63, 3.8) is 0 Å². The van der Waals surface area contributed by atoms with E-state index < -0.39 is 44.1 Å². The highest BCUT2D eigenvalue weighted by atomic mass is 35.5. The molecule has 37 heavy (non-hydrogen) atoms. The summed E-state index contributed by atoms with van der Waals surface area (Å²) in [7, 11) is -4.69. The molecule has 2 aliphatic heterocycles. The van der Waals surface area contributed by atoms with Crippen LogP contribution in [0.4, 0.5) is 23.2 Å². The second-order valence-corrected chi connectivity index (χ2v) is 12.1. The third-order valence-corrected chi connectivity index (χ3v) is 8.87. The Balaban J connectivity index is 1.63. The zero-order chi connectivity index (χ0) is 27.5. The number of piperazine rings is 1. The van der Waals surface area contributed by atoms with E-state index >= 15 is 0 Å². The van der Waals surface area contributed by atoms with Gasteiger partial charge in [-0.2, -0.15) is 17.9 Å². The Morgan fingerprint density at radius 1 is 1.05 bits per heavy atom. The first-order valence-electron chi connectivity index (χ1n) is 11.2. The Morgan fingerprint density at radius 2 is 1.65 bits per heavy atom. The van der Waals surface area contributed by atoms with Crippen LogP contribution in [0.2, 0.25) is 10.0 Å². The van der Waals surface area contributed by atoms with E-state index in [9.17, 15) is 35.9 Å². The average Bonchev–Trinajstić information content (AvgIpc) is 3.02. The summed E-state index contributed by atoms with van der Waals surface area (Å²) in [4.78, 5) is 15.8. The number of phenolic OH excluding ortho intramolecular Hbond substituents is 1. The molecule has 2 heterocycles. The molecule has 0 aromatic heterocycles. The molecule has 0 radical (unpaired) electrons. The number of halogens is 6. The number of aromatic hydroxyl groups is 1. The Morgan fingerprint density at radius 3 is 2.19 bits per heavy atom. The Hall–Kier alpha value is -2.28. The summed E-state index contributed by atoms with van der Waals surface area (Å²) in [5.74, 6) is -1.41. The Labute approximate surface area is 221 Å². The van der Waals surface area contributed by atoms with Gasteiger partial charge in [0, 0.05) is 25.2 Å². The molecule has 4 rings (SSSR count). The summed E-state index contributed by atoms with van der Waals surface area (Å²) in [6, 6.07) is 4.74. The Bertz CT molecular complexity index is 1340. The van der Waals surface area contributed by atoms with Crippen LogP contribution in [-0.4, -0.2) is 61.2 Å². The van der Waals surface area contributed by atoms with Gasteiger partial charge in [0.05, 0.1) is 26.2 Å². The summed E-state index contributed by atoms with van der Waals surface area (Å²) in [6.07, 6.45) is -3.67. The first kappa shape index (κ1) is 27.7. The number of hydrogen-bond donors (Lipinski definition) is 2. The van der Waals surface area contributed by atoms with Crippen LogP contribution >= 0.6 is 23.2 Å². The molecule has 1 amide bonds. The molecule has 2 saturated heterocycles. The number of nitrogens with one attached hydrogen (secondary N) is 1. The monoisotopic (exact) mass is 583 g/mol. The number of fused-ring (bicyclic) bond motifs is 2. The van der Waals surface area contributed by atoms with Crippen LogP contribution in [0.25, 0.3) is 0 Å². The smallest absolute Gasteiger partial charge is 0.407 e. The predicted molar refractivity (Wildman–Crippen MR) is 130 cm³/mol. The molecule has 0 aliphatic carbocycles. The summed E-state index contributed by atoms with van der Waals surface area (Å²) in [5, 5.41) is 10.3. The van der Waals surface area contributed by atoms with E-state index in [2.05, 4.69) is 0 Å². The molecule has 14 heteroatoms. The molecular weight excluding hydrogens is 561 g/mol. The minimum atomic E-state index is -4.86. The van der Waals surface area contributed by atoms with Gasteiger partial charge in [-0.05, 0) is 57.0 Å². The van der Waals surface area contributed by atoms with Crippen molar-refractivity contribution in [1.29, 1.82) is 0 Å². The van der Waals surface area contributed by atoms with E-state index in [1.807, 2.05) is 0 Å². The van der Waals surface area contributed by atoms with Crippen LogP contribution in [0.3, 0.4) is 0 Å². The second kappa shape index (κ2) is 9.48. The molecule has 2 bridgehead atoms. The first-order chi connectivity index (χ1) is 17.0. The van der Waals surface area contributed by atoms with Crippen molar-refractivity contribution in [1.82, 2.24) is 9.62 Å². The standard InChI is InChI=1S/C23H23Cl2F4N3O4S/c1-22(2,23(27,28)29)30-37(35,36)15-8-18(25)20(33)19(9-15)32-13-4-5-14(32)11-31(10-13)21(34)16-6-3-12(26)7-17(16)24/h3,6-9,13-14,30,33H,4-5,10-11H2,1-2H3/t13-,14+. The van der Waals surface area contributed by atoms with Gasteiger partial charge in [-0.1, -0.05) is 23.2 Å². The minimum absolute atomic E-state index is 0.0311. The first-order valence-corrected chi connectivity index (χ1v) is 13.4. The fourth-order valence-electron chi connectivity index (χ4n) is 4.66. The fourth-order valence-corrected chi connectivity index (χ4v) is 6.63. The number of hydrogen-bond acceptors (Lipinski definition) is 5. The van der Waals surface area contributed by atoms with E-state index in [1.165, 1.54) is 6.07 Å². The number of carbonyl (C=O) groups is 1. The lowest BCUT2D eigenvalue weighted by molar-refractivity contribution is -0.180. The van der Waals surface area contributed by atoms with E-state index in [1.54, 1.807) is 14.5 Å². The molecule has 2 fully saturated rings. The summed E-state index contributed by atoms with van der Waals surface area (Å²) < 4.78 is 80.7. The zero-order valence-corrected chi connectivity index (χ0v) is 21.9. The number of rotatable bonds is 5. The van der Waals surface area contributed by atoms with Crippen molar-refractivity contribution in [2.75, 3.05) is 18.0 Å². The molecule has 0 saturated carbocycles. The van der Waals surface area contributed by atoms with E-state index in [0.29, 0.717) is 26.7 Å². The lowest BCUT2D eigenvalue weighted by atomic mass is 10.1. The number of carbonyl (C=O) groups excluding carboxylic acids is 1. The number of likely N-dealkylation sites (tertiary alicyclic amines) is 1. The number of anilines is 1. The lowest BCUT2D eigenvalue weighted by Gasteiger charge is -2.43. The number of benzene rings is 2. The quantitative estimate of drug-likeness (QED) is 0.486. The van der Waals surface area contributed by atoms with Gasteiger partial charge in [0.25, 0.3) is 5.91 Å². The van der Waals surface area contributed by atoms with Crippen molar-refractivity contribution in [3.05, 3.63) is 51.8 Å². The van der Waals surface area contributed by atoms with Crippen LogP contribution in [0.1, 0.15) is 37.0 Å². The number of nitrogens with zero attached hydrogens (tertiary/aromatic N) is 2. The SMILES string of the molecule is CC(C)(NS(=O)(=O)c1cc(Cl)c(O)c(N2[C@@H]3CC[C@H]2CN(C(=O)c2ccc(F)cc2Cl)C3)c1)C(F)(F)F. The number of sulfonamides is 1. The Kier molecular flexibility index (Phi) is 7.11. The van der Waals surface area contributed by atoms with Crippen LogP contribution in [0.5, 0.6) is 5.75 Å². The van der Waals surface area contributed by atoms with Crippen molar-refractivity contribution < 1.29 is 35.9 Å². The van der Waals surface area contributed by atoms with Gasteiger partial charge in [-0.25, -0.2) is 12.8 Å². The highest BCUT2D eigenvalue weighted by molar-refractivity contribution is 7.89. The molecule has 2 aromatic carbocycles. The second-order valence-electron chi connectivity index (χ2n) is 9.63. The van der Waals surface area contributed by atoms with Crippen LogP contribution < -0.4 is 9.62 Å². The van der Waals surface area contributed by atoms with E-state index in [-0.39, 0.29) is 46.5 Å². The van der Waals surface area contributed by atoms with Crippen molar-refractivity contribution in [2.45, 2.75) is 55.4 Å². The molecular formula is C23H23Cl2F4N3O4S. The van der Waals surface area contributed by atoms with Gasteiger partial charge in [0.2, 0.25) is 10.0 Å². The molecule has 202 valence electrons. The zero-order valence-electron chi connectivity index (χ0n) is 19.6. The highest BCUT2D eigenvalue weighted by Crippen LogP contribution is 2.44. The molecule has 0 spiro atoms. The van der Waals surface area contributed by atoms with Crippen LogP contribution in [0.15, 0.2) is 35.2 Å². The lowest BCUT2D eigenvalue weighted by Crippen LogP contribution is -2.55. The third kappa shape index (κ3) is 5.21. The molecule has 2 aromatic rings. The van der Waals surface area contributed by atoms with Gasteiger partial charge in [0.15, 0.2) is 5.75 Å². The van der Waals surface area contributed by atoms with Crippen LogP contribution in [-0.2, 0) is 10.0 Å². The predicted octanol–water partition coefficient (Wildman–Crippen LogP) is 4.95. The van der Waals surface area contributed by atoms with E-state index in [4.69, 9.17) is 23.2 Å². The molecule has 2 atom stereocenters. The normalized spacial score (nSPS) is 20.4. The van der Waals surface area contributed by atoms with Gasteiger partial charge in [-0.15, -0.1) is 0 Å². The van der Waals surface area contributed by atoms with Gasteiger partial charge in [0.1, 0.15) is 11.4 Å². The number of alkyl halides is 3. The molecule has 7 nitrogen and oxygen atoms in total. The number of phenols is 1. The fraction of sp³-hybridized carbons (Fsp3) is 0.435. The summed E-state index contributed by atoms with van der Waals surface area (Å²) >= 11 is 12.2. The van der Waals surface area contributed by atoms with Crippen molar-refractivity contribution >= 4 is 44.8 Å². The summed E-state index contributed by atoms with van der Waals surface area (Å²) in [6.45, 7) is 1.77. The topological polar surface area (TPSA) is 89.9 Å². The van der Waals surface area contributed by atoms with Crippen LogP contribution in [0, 0.1) is 5.82 Å². The van der Waals surface area contributed by atoms with Gasteiger partial charge in [-0.3, -0.25) is 4.79 Å². The maximum Gasteiger partial charge on any atom is 0.407 e. The maximum atomic E-state index is 13.4. The highest BCUT2D eigenvalue weighted by Gasteiger charge is 2.50. The van der Waals surface area contributed by atoms with Crippen molar-refractivity contribution in [2.24, 2.45) is 0 Å². The minimum Gasteiger partial charge on any atom is -0.504 e. The summed E-state index contributed by atoms with van der Waals surface area (Å²) in [5.41, 5.74) is -2.59. The third-order valence-electron chi connectivity index (χ3n) is 6.63. The molecule has 2 N–H and O–H groups in total. The van der Waals surface area contributed by atoms with Crippen molar-refractivity contribution in [3.8, 4) is 5.75 Å². The molecule has 2 aliphatic rings.